The van der Waals surface area contributed by atoms with E-state index in [4.69, 9.17) is 9.47 Å². The first-order valence-corrected chi connectivity index (χ1v) is 13.2. The van der Waals surface area contributed by atoms with Crippen molar-refractivity contribution in [3.8, 4) is 0 Å². The molecule has 1 aromatic heterocycles. The number of carbonyl (C=O) groups excluding carboxylic acids is 2. The first-order chi connectivity index (χ1) is 16.2. The molecule has 0 amide bonds. The molecular formula is C27H39NO6S. The Bertz CT molecular complexity index is 998. The van der Waals surface area contributed by atoms with Gasteiger partial charge in [0, 0.05) is 23.6 Å². The Morgan fingerprint density at radius 2 is 1.91 bits per heavy atom. The number of aromatic nitrogens is 1. The third-order valence-electron chi connectivity index (χ3n) is 7.51. The molecule has 0 aliphatic carbocycles. The summed E-state index contributed by atoms with van der Waals surface area (Å²) in [6.07, 6.45) is 3.84. The molecule has 0 aromatic carbocycles. The van der Waals surface area contributed by atoms with Crippen LogP contribution in [0.15, 0.2) is 23.1 Å². The Morgan fingerprint density at radius 3 is 2.54 bits per heavy atom. The van der Waals surface area contributed by atoms with Gasteiger partial charge < -0.3 is 19.7 Å². The molecule has 1 aromatic rings. The fraction of sp³-hybridized carbons (Fsp3) is 0.667. The molecule has 2 N–H and O–H groups in total. The van der Waals surface area contributed by atoms with Crippen molar-refractivity contribution in [3.05, 3.63) is 33.8 Å². The van der Waals surface area contributed by atoms with Crippen molar-refractivity contribution in [2.75, 3.05) is 0 Å². The van der Waals surface area contributed by atoms with E-state index in [0.29, 0.717) is 12.8 Å². The number of esters is 1. The lowest BCUT2D eigenvalue weighted by Gasteiger charge is -2.34. The fourth-order valence-electron chi connectivity index (χ4n) is 4.67. The number of fused-ring (bicyclic) bond motifs is 1. The van der Waals surface area contributed by atoms with E-state index in [1.165, 1.54) is 0 Å². The first-order valence-electron chi connectivity index (χ1n) is 12.3. The van der Waals surface area contributed by atoms with Gasteiger partial charge in [-0.05, 0) is 38.8 Å². The number of cyclic esters (lactones) is 1. The molecule has 1 fully saturated rings. The molecule has 2 aliphatic rings. The van der Waals surface area contributed by atoms with E-state index in [0.717, 1.165) is 16.3 Å². The number of ketones is 1. The van der Waals surface area contributed by atoms with Crippen LogP contribution >= 0.6 is 11.3 Å². The fourth-order valence-corrected chi connectivity index (χ4v) is 5.24. The highest BCUT2D eigenvalue weighted by Gasteiger charge is 2.52. The normalized spacial score (nSPS) is 37.9. The average molecular weight is 506 g/mol. The Labute approximate surface area is 212 Å². The van der Waals surface area contributed by atoms with Crippen LogP contribution in [-0.4, -0.2) is 57.0 Å². The van der Waals surface area contributed by atoms with Crippen LogP contribution in [0.2, 0.25) is 0 Å². The predicted octanol–water partition coefficient (Wildman–Crippen LogP) is 4.25. The summed E-state index contributed by atoms with van der Waals surface area (Å²) in [7, 11) is 0. The van der Waals surface area contributed by atoms with Crippen LogP contribution in [0.3, 0.4) is 0 Å². The van der Waals surface area contributed by atoms with Crippen LogP contribution in [0.1, 0.15) is 71.5 Å². The van der Waals surface area contributed by atoms with Crippen LogP contribution in [0.4, 0.5) is 0 Å². The molecule has 0 unspecified atom stereocenters. The quantitative estimate of drug-likeness (QED) is 0.351. The summed E-state index contributed by atoms with van der Waals surface area (Å²) in [5, 5.41) is 24.5. The second-order valence-electron chi connectivity index (χ2n) is 10.9. The van der Waals surface area contributed by atoms with Gasteiger partial charge >= 0.3 is 5.97 Å². The number of hydrogen-bond donors (Lipinski definition) is 2. The van der Waals surface area contributed by atoms with E-state index in [1.807, 2.05) is 51.3 Å². The molecule has 0 bridgehead atoms. The smallest absolute Gasteiger partial charge is 0.309 e. The SMILES string of the molecule is C/C(=C\c1csc(C)n1)[C@H]1C[C@@H]2O[C@]2(C)C/C=C/[C@H](C)[C@H](O)[C@@H](C)C(=O)C(C)(C)[C@@H](O)CC(=O)O1. The number of carbonyl (C=O) groups is 2. The van der Waals surface area contributed by atoms with Gasteiger partial charge in [-0.3, -0.25) is 9.59 Å². The molecule has 35 heavy (non-hydrogen) atoms. The summed E-state index contributed by atoms with van der Waals surface area (Å²) >= 11 is 1.55. The van der Waals surface area contributed by atoms with Crippen LogP contribution < -0.4 is 0 Å². The standard InChI is InChI=1S/C27H39NO6S/c1-15-9-8-10-27(7)22(34-27)12-20(16(2)11-19-14-35-18(4)28-19)33-23(30)13-21(29)26(5,6)25(32)17(3)24(15)31/h8-9,11,14-15,17,20-22,24,29,31H,10,12-13H2,1-7H3/b9-8+,16-11+/t15-,17+,20+,21-,22-,24-,27+/m0/s1. The van der Waals surface area contributed by atoms with Crippen LogP contribution in [-0.2, 0) is 19.1 Å². The Balaban J connectivity index is 1.89. The molecule has 3 rings (SSSR count). The van der Waals surface area contributed by atoms with E-state index >= 15 is 0 Å². The number of aryl methyl sites for hydroxylation is 1. The number of Topliss-reactive ketones (excluding diaryl/α,β-unsaturated/α-hetero) is 1. The molecule has 7 nitrogen and oxygen atoms in total. The third kappa shape index (κ3) is 6.47. The Hall–Kier alpha value is -1.87. The van der Waals surface area contributed by atoms with Gasteiger partial charge in [-0.15, -0.1) is 11.3 Å². The molecule has 0 saturated carbocycles. The van der Waals surface area contributed by atoms with E-state index in [2.05, 4.69) is 4.98 Å². The summed E-state index contributed by atoms with van der Waals surface area (Å²) in [4.78, 5) is 30.6. The van der Waals surface area contributed by atoms with Crippen molar-refractivity contribution in [2.45, 2.75) is 97.7 Å². The maximum absolute atomic E-state index is 13.2. The second kappa shape index (κ2) is 10.6. The molecule has 2 aliphatic heterocycles. The Kier molecular flexibility index (Phi) is 8.41. The van der Waals surface area contributed by atoms with Gasteiger partial charge in [-0.1, -0.05) is 39.8 Å². The van der Waals surface area contributed by atoms with Gasteiger partial charge in [0.2, 0.25) is 0 Å². The van der Waals surface area contributed by atoms with Crippen molar-refractivity contribution >= 4 is 29.2 Å². The van der Waals surface area contributed by atoms with Gasteiger partial charge in [-0.25, -0.2) is 4.98 Å². The van der Waals surface area contributed by atoms with Crippen LogP contribution in [0, 0.1) is 24.2 Å². The van der Waals surface area contributed by atoms with Gasteiger partial charge in [-0.2, -0.15) is 0 Å². The lowest BCUT2D eigenvalue weighted by atomic mass is 9.73. The minimum Gasteiger partial charge on any atom is -0.458 e. The largest absolute Gasteiger partial charge is 0.458 e. The number of hydrogen-bond acceptors (Lipinski definition) is 8. The van der Waals surface area contributed by atoms with Gasteiger partial charge in [0.15, 0.2) is 0 Å². The van der Waals surface area contributed by atoms with E-state index in [9.17, 15) is 19.8 Å². The van der Waals surface area contributed by atoms with Crippen molar-refractivity contribution in [1.82, 2.24) is 4.98 Å². The van der Waals surface area contributed by atoms with Gasteiger partial charge in [0.25, 0.3) is 0 Å². The number of nitrogens with zero attached hydrogens (tertiary/aromatic N) is 1. The number of aliphatic hydroxyl groups excluding tert-OH is 2. The molecular weight excluding hydrogens is 466 g/mol. The number of aliphatic hydroxyl groups is 2. The molecule has 8 heteroatoms. The highest BCUT2D eigenvalue weighted by atomic mass is 32.1. The minimum atomic E-state index is -1.25. The number of thiazole rings is 1. The highest BCUT2D eigenvalue weighted by molar-refractivity contribution is 7.09. The number of epoxide rings is 1. The van der Waals surface area contributed by atoms with Gasteiger partial charge in [0.1, 0.15) is 11.9 Å². The van der Waals surface area contributed by atoms with Gasteiger partial charge in [0.05, 0.1) is 46.5 Å². The van der Waals surface area contributed by atoms with Crippen molar-refractivity contribution in [1.29, 1.82) is 0 Å². The summed E-state index contributed by atoms with van der Waals surface area (Å²) in [6, 6.07) is 0. The first kappa shape index (κ1) is 27.7. The lowest BCUT2D eigenvalue weighted by Crippen LogP contribution is -2.45. The summed E-state index contributed by atoms with van der Waals surface area (Å²) in [5.41, 5.74) is 0.0391. The third-order valence-corrected chi connectivity index (χ3v) is 8.30. The zero-order chi connectivity index (χ0) is 26.1. The van der Waals surface area contributed by atoms with Crippen LogP contribution in [0.5, 0.6) is 0 Å². The molecule has 0 spiro atoms. The molecule has 0 radical (unpaired) electrons. The zero-order valence-corrected chi connectivity index (χ0v) is 22.6. The highest BCUT2D eigenvalue weighted by Crippen LogP contribution is 2.44. The second-order valence-corrected chi connectivity index (χ2v) is 12.0. The molecule has 194 valence electrons. The average Bonchev–Trinajstić information content (AvgIpc) is 3.22. The van der Waals surface area contributed by atoms with Crippen molar-refractivity contribution in [3.63, 3.8) is 0 Å². The monoisotopic (exact) mass is 505 g/mol. The Morgan fingerprint density at radius 1 is 1.23 bits per heavy atom. The maximum Gasteiger partial charge on any atom is 0.309 e. The van der Waals surface area contributed by atoms with E-state index < -0.39 is 35.6 Å². The number of ether oxygens (including phenoxy) is 2. The topological polar surface area (TPSA) is 109 Å². The van der Waals surface area contributed by atoms with Crippen LogP contribution in [0.25, 0.3) is 6.08 Å². The summed E-state index contributed by atoms with van der Waals surface area (Å²) < 4.78 is 11.9. The number of rotatable bonds is 2. The van der Waals surface area contributed by atoms with Crippen molar-refractivity contribution < 1.29 is 29.3 Å². The molecule has 3 heterocycles. The zero-order valence-electron chi connectivity index (χ0n) is 21.8. The molecule has 1 saturated heterocycles. The minimum absolute atomic E-state index is 0.0968. The van der Waals surface area contributed by atoms with E-state index in [1.54, 1.807) is 32.1 Å². The summed E-state index contributed by atoms with van der Waals surface area (Å²) in [6.45, 7) is 12.6. The maximum atomic E-state index is 13.2. The lowest BCUT2D eigenvalue weighted by molar-refractivity contribution is -0.154. The molecule has 7 atom stereocenters. The van der Waals surface area contributed by atoms with Crippen molar-refractivity contribution in [2.24, 2.45) is 17.3 Å². The van der Waals surface area contributed by atoms with E-state index in [-0.39, 0.29) is 29.8 Å². The summed E-state index contributed by atoms with van der Waals surface area (Å²) in [5.74, 6) is -1.83. The predicted molar refractivity (Wildman–Crippen MR) is 136 cm³/mol.